The van der Waals surface area contributed by atoms with E-state index >= 15 is 0 Å². The molecule has 1 N–H and O–H groups in total. The molecule has 1 aliphatic heterocycles. The van der Waals surface area contributed by atoms with Gasteiger partial charge in [0.15, 0.2) is 0 Å². The van der Waals surface area contributed by atoms with Crippen molar-refractivity contribution in [1.29, 1.82) is 0 Å². The number of aromatic nitrogens is 1. The third-order valence-electron chi connectivity index (χ3n) is 1.68. The summed E-state index contributed by atoms with van der Waals surface area (Å²) in [5.41, 5.74) is 2.12. The molecule has 12 heavy (non-hydrogen) atoms. The molecule has 0 bridgehead atoms. The number of nitrogens with zero attached hydrogens (tertiary/aromatic N) is 2. The third-order valence-corrected chi connectivity index (χ3v) is 1.68. The maximum absolute atomic E-state index is 4.20. The molecule has 0 aromatic carbocycles. The minimum Gasteiger partial charge on any atom is -0.373 e. The van der Waals surface area contributed by atoms with Crippen LogP contribution in [0.15, 0.2) is 35.6 Å². The van der Waals surface area contributed by atoms with E-state index in [1.165, 1.54) is 0 Å². The van der Waals surface area contributed by atoms with Crippen LogP contribution in [0.3, 0.4) is 0 Å². The zero-order valence-corrected chi connectivity index (χ0v) is 6.57. The van der Waals surface area contributed by atoms with E-state index in [0.717, 1.165) is 17.8 Å². The Hall–Kier alpha value is -1.64. The molecule has 0 unspecified atom stereocenters. The first-order valence-corrected chi connectivity index (χ1v) is 3.83. The van der Waals surface area contributed by atoms with Crippen LogP contribution < -0.4 is 5.32 Å². The first-order chi connectivity index (χ1) is 5.97. The lowest BCUT2D eigenvalue weighted by Gasteiger charge is -2.06. The van der Waals surface area contributed by atoms with E-state index < -0.39 is 0 Å². The highest BCUT2D eigenvalue weighted by molar-refractivity contribution is 5.75. The molecule has 2 heterocycles. The molecule has 0 atom stereocenters. The lowest BCUT2D eigenvalue weighted by Crippen LogP contribution is -2.14. The van der Waals surface area contributed by atoms with E-state index in [0.29, 0.717) is 0 Å². The van der Waals surface area contributed by atoms with E-state index in [1.54, 1.807) is 18.7 Å². The fourth-order valence-corrected chi connectivity index (χ4v) is 1.09. The number of pyridine rings is 1. The predicted molar refractivity (Wildman–Crippen MR) is 48.7 cm³/mol. The zero-order valence-electron chi connectivity index (χ0n) is 6.57. The molecular weight excluding hydrogens is 150 g/mol. The molecule has 1 aromatic rings. The average molecular weight is 159 g/mol. The van der Waals surface area contributed by atoms with Gasteiger partial charge in [0.2, 0.25) is 0 Å². The van der Waals surface area contributed by atoms with Gasteiger partial charge in [-0.2, -0.15) is 0 Å². The summed E-state index contributed by atoms with van der Waals surface area (Å²) in [6.45, 7) is 0.848. The van der Waals surface area contributed by atoms with Gasteiger partial charge in [-0.05, 0) is 18.2 Å². The summed E-state index contributed by atoms with van der Waals surface area (Å²) < 4.78 is 0. The first-order valence-electron chi connectivity index (χ1n) is 3.83. The minimum atomic E-state index is 0.848. The van der Waals surface area contributed by atoms with Crippen molar-refractivity contribution in [2.45, 2.75) is 0 Å². The minimum absolute atomic E-state index is 0.848. The lowest BCUT2D eigenvalue weighted by molar-refractivity contribution is 1.05. The number of nitrogens with one attached hydrogen (secondary N) is 1. The molecule has 2 rings (SSSR count). The van der Waals surface area contributed by atoms with E-state index in [9.17, 15) is 0 Å². The van der Waals surface area contributed by atoms with Crippen LogP contribution in [0.1, 0.15) is 5.56 Å². The van der Waals surface area contributed by atoms with Gasteiger partial charge in [-0.1, -0.05) is 0 Å². The van der Waals surface area contributed by atoms with Crippen LogP contribution in [0.4, 0.5) is 0 Å². The van der Waals surface area contributed by atoms with Gasteiger partial charge in [0, 0.05) is 24.5 Å². The topological polar surface area (TPSA) is 37.3 Å². The van der Waals surface area contributed by atoms with Crippen molar-refractivity contribution in [3.63, 3.8) is 0 Å². The molecule has 1 aromatic heterocycles. The highest BCUT2D eigenvalue weighted by atomic mass is 15.0. The molecule has 60 valence electrons. The summed E-state index contributed by atoms with van der Waals surface area (Å²) in [5.74, 6) is 0. The Morgan fingerprint density at radius 2 is 2.08 bits per heavy atom. The second-order valence-electron chi connectivity index (χ2n) is 2.49. The Morgan fingerprint density at radius 1 is 1.25 bits per heavy atom. The van der Waals surface area contributed by atoms with Crippen LogP contribution in [0.2, 0.25) is 0 Å². The highest BCUT2D eigenvalue weighted by Gasteiger charge is 1.99. The Bertz CT molecular complexity index is 314. The molecule has 3 nitrogen and oxygen atoms in total. The molecule has 0 saturated carbocycles. The Balaban J connectivity index is 2.31. The Kier molecular flexibility index (Phi) is 1.86. The van der Waals surface area contributed by atoms with Crippen LogP contribution >= 0.6 is 0 Å². The molecule has 0 amide bonds. The van der Waals surface area contributed by atoms with Crippen LogP contribution in [0.5, 0.6) is 0 Å². The van der Waals surface area contributed by atoms with Crippen molar-refractivity contribution in [3.05, 3.63) is 36.2 Å². The smallest absolute Gasteiger partial charge is 0.0888 e. The van der Waals surface area contributed by atoms with Gasteiger partial charge < -0.3 is 5.32 Å². The van der Waals surface area contributed by atoms with E-state index in [-0.39, 0.29) is 0 Å². The molecule has 0 spiro atoms. The molecule has 0 aliphatic carbocycles. The van der Waals surface area contributed by atoms with Crippen molar-refractivity contribution in [3.8, 4) is 0 Å². The monoisotopic (exact) mass is 159 g/mol. The molecular formula is C9H9N3. The quantitative estimate of drug-likeness (QED) is 0.665. The summed E-state index contributed by atoms with van der Waals surface area (Å²) in [5, 5.41) is 3.00. The van der Waals surface area contributed by atoms with Crippen molar-refractivity contribution < 1.29 is 0 Å². The number of hydrogen-bond donors (Lipinski definition) is 1. The van der Waals surface area contributed by atoms with Crippen molar-refractivity contribution in [2.24, 2.45) is 4.99 Å². The van der Waals surface area contributed by atoms with E-state index in [2.05, 4.69) is 21.4 Å². The van der Waals surface area contributed by atoms with Gasteiger partial charge in [-0.3, -0.25) is 4.98 Å². The standard InChI is InChI=1S/C9H9N3/c1-4-10-5-2-8(1)9-3-6-11-7-12-9/h1-5,7H,6H2,(H,11,12). The summed E-state index contributed by atoms with van der Waals surface area (Å²) >= 11 is 0. The molecule has 0 fully saturated rings. The van der Waals surface area contributed by atoms with Crippen LogP contribution in [0, 0.1) is 0 Å². The largest absolute Gasteiger partial charge is 0.373 e. The van der Waals surface area contributed by atoms with Crippen LogP contribution in [0.25, 0.3) is 5.70 Å². The van der Waals surface area contributed by atoms with Crippen LogP contribution in [-0.4, -0.2) is 17.9 Å². The number of rotatable bonds is 1. The predicted octanol–water partition coefficient (Wildman–Crippen LogP) is 1.05. The molecule has 3 heteroatoms. The Labute approximate surface area is 70.9 Å². The average Bonchev–Trinajstić information content (AvgIpc) is 2.21. The summed E-state index contributed by atoms with van der Waals surface area (Å²) in [7, 11) is 0. The fraction of sp³-hybridized carbons (Fsp3) is 0.111. The van der Waals surface area contributed by atoms with Crippen molar-refractivity contribution in [2.75, 3.05) is 6.54 Å². The zero-order chi connectivity index (χ0) is 8.23. The van der Waals surface area contributed by atoms with Gasteiger partial charge in [-0.25, -0.2) is 4.99 Å². The number of aliphatic imine (C=N–C) groups is 1. The van der Waals surface area contributed by atoms with Crippen LogP contribution in [-0.2, 0) is 0 Å². The fourth-order valence-electron chi connectivity index (χ4n) is 1.09. The highest BCUT2D eigenvalue weighted by Crippen LogP contribution is 2.14. The number of hydrogen-bond acceptors (Lipinski definition) is 3. The second kappa shape index (κ2) is 3.17. The van der Waals surface area contributed by atoms with Gasteiger partial charge in [0.05, 0.1) is 12.0 Å². The molecule has 0 radical (unpaired) electrons. The van der Waals surface area contributed by atoms with Crippen molar-refractivity contribution in [1.82, 2.24) is 10.3 Å². The van der Waals surface area contributed by atoms with Gasteiger partial charge in [-0.15, -0.1) is 0 Å². The third kappa shape index (κ3) is 1.34. The van der Waals surface area contributed by atoms with E-state index in [4.69, 9.17) is 0 Å². The van der Waals surface area contributed by atoms with Gasteiger partial charge >= 0.3 is 0 Å². The van der Waals surface area contributed by atoms with E-state index in [1.807, 2.05) is 12.1 Å². The SMILES string of the molecule is C1=NC(c2ccncc2)=CCN1. The normalized spacial score (nSPS) is 15.2. The summed E-state index contributed by atoms with van der Waals surface area (Å²) in [6.07, 6.45) is 7.31. The maximum Gasteiger partial charge on any atom is 0.0888 e. The summed E-state index contributed by atoms with van der Waals surface area (Å²) in [6, 6.07) is 3.91. The maximum atomic E-state index is 4.20. The van der Waals surface area contributed by atoms with Crippen molar-refractivity contribution >= 4 is 12.0 Å². The lowest BCUT2D eigenvalue weighted by atomic mass is 10.2. The second-order valence-corrected chi connectivity index (χ2v) is 2.49. The van der Waals surface area contributed by atoms with Gasteiger partial charge in [0.25, 0.3) is 0 Å². The molecule has 1 aliphatic rings. The Morgan fingerprint density at radius 3 is 2.75 bits per heavy atom. The van der Waals surface area contributed by atoms with Gasteiger partial charge in [0.1, 0.15) is 0 Å². The first kappa shape index (κ1) is 7.03. The summed E-state index contributed by atoms with van der Waals surface area (Å²) in [4.78, 5) is 8.14. The molecule has 0 saturated heterocycles.